The minimum absolute atomic E-state index is 0.0374. The first-order valence-corrected chi connectivity index (χ1v) is 4.83. The Morgan fingerprint density at radius 2 is 2.00 bits per heavy atom. The molecule has 1 atom stereocenters. The summed E-state index contributed by atoms with van der Waals surface area (Å²) in [4.78, 5) is 0. The first-order chi connectivity index (χ1) is 6.41. The molecule has 0 bridgehead atoms. The van der Waals surface area contributed by atoms with Crippen molar-refractivity contribution in [3.63, 3.8) is 0 Å². The predicted octanol–water partition coefficient (Wildman–Crippen LogP) is 4.49. The van der Waals surface area contributed by atoms with Crippen molar-refractivity contribution in [2.45, 2.75) is 39.3 Å². The lowest BCUT2D eigenvalue weighted by molar-refractivity contribution is -0.0886. The molecule has 0 nitrogen and oxygen atoms in total. The molecular formula is C11H17F3. The number of alkyl halides is 3. The van der Waals surface area contributed by atoms with E-state index >= 15 is 0 Å². The molecule has 0 aromatic heterocycles. The van der Waals surface area contributed by atoms with Crippen LogP contribution in [-0.2, 0) is 0 Å². The molecule has 0 aliphatic carbocycles. The van der Waals surface area contributed by atoms with E-state index in [1.54, 1.807) is 6.92 Å². The van der Waals surface area contributed by atoms with E-state index in [-0.39, 0.29) is 5.92 Å². The molecule has 0 saturated carbocycles. The topological polar surface area (TPSA) is 0 Å². The van der Waals surface area contributed by atoms with Crippen LogP contribution in [0.1, 0.15) is 33.1 Å². The van der Waals surface area contributed by atoms with Crippen LogP contribution in [0.4, 0.5) is 13.2 Å². The number of halogens is 3. The van der Waals surface area contributed by atoms with Gasteiger partial charge in [-0.2, -0.15) is 13.2 Å². The summed E-state index contributed by atoms with van der Waals surface area (Å²) in [5.74, 6) is -0.0374. The molecule has 0 spiro atoms. The maximum absolute atomic E-state index is 12.3. The van der Waals surface area contributed by atoms with Gasteiger partial charge in [0.15, 0.2) is 0 Å². The monoisotopic (exact) mass is 206 g/mol. The zero-order valence-corrected chi connectivity index (χ0v) is 8.69. The van der Waals surface area contributed by atoms with E-state index in [1.165, 1.54) is 6.08 Å². The molecule has 0 saturated heterocycles. The van der Waals surface area contributed by atoms with Crippen LogP contribution in [0, 0.1) is 5.92 Å². The van der Waals surface area contributed by atoms with Gasteiger partial charge in [0.1, 0.15) is 0 Å². The zero-order chi connectivity index (χ0) is 11.2. The summed E-state index contributed by atoms with van der Waals surface area (Å²) in [7, 11) is 0. The Kier molecular flexibility index (Phi) is 5.58. The minimum Gasteiger partial charge on any atom is -0.166 e. The lowest BCUT2D eigenvalue weighted by Crippen LogP contribution is -2.11. The molecule has 0 aromatic carbocycles. The van der Waals surface area contributed by atoms with E-state index in [4.69, 9.17) is 0 Å². The molecule has 0 aromatic rings. The van der Waals surface area contributed by atoms with Crippen LogP contribution in [0.2, 0.25) is 0 Å². The van der Waals surface area contributed by atoms with E-state index < -0.39 is 11.7 Å². The summed E-state index contributed by atoms with van der Waals surface area (Å²) in [6, 6.07) is 0. The van der Waals surface area contributed by atoms with E-state index in [0.29, 0.717) is 0 Å². The van der Waals surface area contributed by atoms with Gasteiger partial charge in [-0.15, -0.1) is 0 Å². The molecule has 0 fully saturated rings. The molecule has 0 aliphatic rings. The fraction of sp³-hybridized carbons (Fsp3) is 0.636. The Morgan fingerprint density at radius 3 is 2.36 bits per heavy atom. The molecule has 1 unspecified atom stereocenters. The van der Waals surface area contributed by atoms with Crippen LogP contribution >= 0.6 is 0 Å². The first kappa shape index (κ1) is 13.3. The van der Waals surface area contributed by atoms with Gasteiger partial charge in [-0.1, -0.05) is 45.4 Å². The Morgan fingerprint density at radius 1 is 1.43 bits per heavy atom. The van der Waals surface area contributed by atoms with Gasteiger partial charge in [0, 0.05) is 0 Å². The second kappa shape index (κ2) is 5.89. The van der Waals surface area contributed by atoms with Crippen molar-refractivity contribution in [3.05, 3.63) is 24.3 Å². The summed E-state index contributed by atoms with van der Waals surface area (Å²) in [6.45, 7) is 6.99. The SMILES string of the molecule is C=C/C(=C/C(C)CCCC)C(F)(F)F. The Labute approximate surface area is 83.5 Å². The standard InChI is InChI=1S/C11H17F3/c1-4-6-7-9(3)8-10(5-2)11(12,13)14/h5,8-9H,2,4,6-7H2,1,3H3/b10-8-. The van der Waals surface area contributed by atoms with Crippen molar-refractivity contribution in [2.75, 3.05) is 0 Å². The van der Waals surface area contributed by atoms with Crippen LogP contribution in [-0.4, -0.2) is 6.18 Å². The highest BCUT2D eigenvalue weighted by atomic mass is 19.4. The molecule has 0 N–H and O–H groups in total. The van der Waals surface area contributed by atoms with Gasteiger partial charge < -0.3 is 0 Å². The molecule has 0 heterocycles. The highest BCUT2D eigenvalue weighted by Crippen LogP contribution is 2.28. The van der Waals surface area contributed by atoms with Crippen molar-refractivity contribution < 1.29 is 13.2 Å². The van der Waals surface area contributed by atoms with Gasteiger partial charge in [0.25, 0.3) is 0 Å². The van der Waals surface area contributed by atoms with Crippen molar-refractivity contribution >= 4 is 0 Å². The van der Waals surface area contributed by atoms with Gasteiger partial charge in [0.05, 0.1) is 5.57 Å². The van der Waals surface area contributed by atoms with Crippen LogP contribution in [0.15, 0.2) is 24.3 Å². The van der Waals surface area contributed by atoms with Gasteiger partial charge >= 0.3 is 6.18 Å². The third-order valence-electron chi connectivity index (χ3n) is 2.02. The molecule has 0 aliphatic heterocycles. The number of hydrogen-bond acceptors (Lipinski definition) is 0. The van der Waals surface area contributed by atoms with E-state index in [2.05, 4.69) is 6.58 Å². The molecule has 0 radical (unpaired) electrons. The van der Waals surface area contributed by atoms with Gasteiger partial charge in [-0.25, -0.2) is 0 Å². The number of rotatable bonds is 5. The maximum atomic E-state index is 12.3. The lowest BCUT2D eigenvalue weighted by Gasteiger charge is -2.11. The molecule has 82 valence electrons. The highest BCUT2D eigenvalue weighted by Gasteiger charge is 2.31. The number of unbranched alkanes of at least 4 members (excludes halogenated alkanes) is 1. The van der Waals surface area contributed by atoms with Crippen molar-refractivity contribution in [3.8, 4) is 0 Å². The number of allylic oxidation sites excluding steroid dienone is 3. The van der Waals surface area contributed by atoms with Crippen LogP contribution in [0.25, 0.3) is 0 Å². The molecule has 0 amide bonds. The highest BCUT2D eigenvalue weighted by molar-refractivity contribution is 5.22. The second-order valence-electron chi connectivity index (χ2n) is 3.44. The summed E-state index contributed by atoms with van der Waals surface area (Å²) in [5.41, 5.74) is -0.624. The summed E-state index contributed by atoms with van der Waals surface area (Å²) >= 11 is 0. The average Bonchev–Trinajstić information content (AvgIpc) is 2.08. The normalized spacial score (nSPS) is 15.4. The maximum Gasteiger partial charge on any atom is 0.416 e. The third kappa shape index (κ3) is 5.10. The van der Waals surface area contributed by atoms with Gasteiger partial charge in [-0.05, 0) is 12.3 Å². The van der Waals surface area contributed by atoms with Crippen LogP contribution < -0.4 is 0 Å². The summed E-state index contributed by atoms with van der Waals surface area (Å²) in [6.07, 6.45) is 0.630. The predicted molar refractivity (Wildman–Crippen MR) is 53.0 cm³/mol. The molecule has 14 heavy (non-hydrogen) atoms. The fourth-order valence-corrected chi connectivity index (χ4v) is 1.19. The van der Waals surface area contributed by atoms with E-state index in [0.717, 1.165) is 25.3 Å². The Balaban J connectivity index is 4.36. The first-order valence-electron chi connectivity index (χ1n) is 4.83. The van der Waals surface area contributed by atoms with E-state index in [9.17, 15) is 13.2 Å². The Hall–Kier alpha value is -0.730. The van der Waals surface area contributed by atoms with Crippen molar-refractivity contribution in [1.29, 1.82) is 0 Å². The smallest absolute Gasteiger partial charge is 0.166 e. The number of hydrogen-bond donors (Lipinski definition) is 0. The quantitative estimate of drug-likeness (QED) is 0.581. The average molecular weight is 206 g/mol. The van der Waals surface area contributed by atoms with Gasteiger partial charge in [-0.3, -0.25) is 0 Å². The summed E-state index contributed by atoms with van der Waals surface area (Å²) in [5, 5.41) is 0. The lowest BCUT2D eigenvalue weighted by atomic mass is 10.0. The molecule has 3 heteroatoms. The van der Waals surface area contributed by atoms with Crippen LogP contribution in [0.5, 0.6) is 0 Å². The minimum atomic E-state index is -4.26. The Bertz CT molecular complexity index is 201. The molecular weight excluding hydrogens is 189 g/mol. The van der Waals surface area contributed by atoms with Gasteiger partial charge in [0.2, 0.25) is 0 Å². The largest absolute Gasteiger partial charge is 0.416 e. The van der Waals surface area contributed by atoms with Crippen molar-refractivity contribution in [2.24, 2.45) is 5.92 Å². The molecule has 0 rings (SSSR count). The fourth-order valence-electron chi connectivity index (χ4n) is 1.19. The zero-order valence-electron chi connectivity index (χ0n) is 8.69. The third-order valence-corrected chi connectivity index (χ3v) is 2.02. The van der Waals surface area contributed by atoms with E-state index in [1.807, 2.05) is 6.92 Å². The van der Waals surface area contributed by atoms with Crippen molar-refractivity contribution in [1.82, 2.24) is 0 Å². The summed E-state index contributed by atoms with van der Waals surface area (Å²) < 4.78 is 36.8. The van der Waals surface area contributed by atoms with Crippen LogP contribution in [0.3, 0.4) is 0 Å². The second-order valence-corrected chi connectivity index (χ2v) is 3.44.